The van der Waals surface area contributed by atoms with Crippen molar-refractivity contribution in [2.45, 2.75) is 63.8 Å². The molecular weight excluding hydrogens is 248 g/mol. The van der Waals surface area contributed by atoms with Gasteiger partial charge in [0, 0.05) is 18.6 Å². The normalized spacial score (nSPS) is 46.5. The highest BCUT2D eigenvalue weighted by Gasteiger charge is 2.51. The summed E-state index contributed by atoms with van der Waals surface area (Å²) in [6, 6.07) is 0.235. The Balaban J connectivity index is 1.44. The van der Waals surface area contributed by atoms with Crippen LogP contribution in [0.2, 0.25) is 0 Å². The van der Waals surface area contributed by atoms with Crippen molar-refractivity contribution in [2.24, 2.45) is 23.7 Å². The molecule has 1 unspecified atom stereocenters. The number of nitrogens with one attached hydrogen (secondary N) is 1. The minimum Gasteiger partial charge on any atom is -0.333 e. The highest BCUT2D eigenvalue weighted by molar-refractivity contribution is 5.75. The molecule has 3 heteroatoms. The molecule has 2 amide bonds. The highest BCUT2D eigenvalue weighted by atomic mass is 16.2. The van der Waals surface area contributed by atoms with Gasteiger partial charge in [-0.1, -0.05) is 6.92 Å². The smallest absolute Gasteiger partial charge is 0.317 e. The van der Waals surface area contributed by atoms with Crippen molar-refractivity contribution in [1.29, 1.82) is 0 Å². The Hall–Kier alpha value is -0.730. The van der Waals surface area contributed by atoms with Gasteiger partial charge >= 0.3 is 6.03 Å². The molecule has 1 saturated heterocycles. The number of rotatable bonds is 1. The zero-order chi connectivity index (χ0) is 13.7. The zero-order valence-corrected chi connectivity index (χ0v) is 12.7. The van der Waals surface area contributed by atoms with Crippen LogP contribution in [0.4, 0.5) is 4.79 Å². The van der Waals surface area contributed by atoms with Crippen LogP contribution in [0.3, 0.4) is 0 Å². The van der Waals surface area contributed by atoms with Gasteiger partial charge in [0.25, 0.3) is 0 Å². The largest absolute Gasteiger partial charge is 0.333 e. The van der Waals surface area contributed by atoms with Crippen LogP contribution >= 0.6 is 0 Å². The lowest BCUT2D eigenvalue weighted by atomic mass is 9.53. The van der Waals surface area contributed by atoms with E-state index in [4.69, 9.17) is 0 Å². The molecule has 4 bridgehead atoms. The molecule has 0 aromatic heterocycles. The Morgan fingerprint density at radius 2 is 1.70 bits per heavy atom. The zero-order valence-electron chi connectivity index (χ0n) is 12.7. The lowest BCUT2D eigenvalue weighted by molar-refractivity contribution is -0.0162. The Kier molecular flexibility index (Phi) is 3.01. The van der Waals surface area contributed by atoms with Crippen molar-refractivity contribution in [1.82, 2.24) is 10.2 Å². The summed E-state index contributed by atoms with van der Waals surface area (Å²) in [4.78, 5) is 14.7. The van der Waals surface area contributed by atoms with E-state index in [0.29, 0.717) is 5.92 Å². The van der Waals surface area contributed by atoms with Crippen LogP contribution in [0, 0.1) is 23.7 Å². The van der Waals surface area contributed by atoms with Crippen LogP contribution in [0.5, 0.6) is 0 Å². The first kappa shape index (κ1) is 13.0. The van der Waals surface area contributed by atoms with Crippen LogP contribution in [-0.2, 0) is 0 Å². The number of urea groups is 1. The Morgan fingerprint density at radius 1 is 1.10 bits per heavy atom. The van der Waals surface area contributed by atoms with Crippen molar-refractivity contribution in [2.75, 3.05) is 13.1 Å². The molecule has 0 aromatic carbocycles. The molecule has 0 spiro atoms. The van der Waals surface area contributed by atoms with E-state index < -0.39 is 0 Å². The predicted octanol–water partition coefficient (Wildman–Crippen LogP) is 3.40. The Bertz CT molecular complexity index is 371. The fraction of sp³-hybridized carbons (Fsp3) is 0.941. The van der Waals surface area contributed by atoms with E-state index in [1.165, 1.54) is 51.4 Å². The molecule has 112 valence electrons. The number of amides is 2. The summed E-state index contributed by atoms with van der Waals surface area (Å²) in [6.07, 6.45) is 10.6. The molecule has 0 radical (unpaired) electrons. The van der Waals surface area contributed by atoms with Gasteiger partial charge in [0.1, 0.15) is 0 Å². The first-order valence-corrected chi connectivity index (χ1v) is 8.69. The molecular formula is C17H28N2O. The second kappa shape index (κ2) is 4.64. The Morgan fingerprint density at radius 3 is 2.25 bits per heavy atom. The number of carbonyl (C=O) groups is 1. The minimum absolute atomic E-state index is 0.173. The van der Waals surface area contributed by atoms with Crippen LogP contribution in [0.1, 0.15) is 58.3 Å². The van der Waals surface area contributed by atoms with Gasteiger partial charge in [-0.15, -0.1) is 0 Å². The molecule has 5 rings (SSSR count). The number of hydrogen-bond acceptors (Lipinski definition) is 1. The van der Waals surface area contributed by atoms with Crippen molar-refractivity contribution in [3.63, 3.8) is 0 Å². The molecule has 1 atom stereocenters. The van der Waals surface area contributed by atoms with E-state index in [0.717, 1.165) is 30.8 Å². The van der Waals surface area contributed by atoms with E-state index in [2.05, 4.69) is 17.1 Å². The average molecular weight is 276 g/mol. The van der Waals surface area contributed by atoms with Crippen molar-refractivity contribution >= 4 is 6.03 Å². The fourth-order valence-corrected chi connectivity index (χ4v) is 5.94. The number of piperidine rings is 1. The lowest BCUT2D eigenvalue weighted by Crippen LogP contribution is -2.62. The Labute approximate surface area is 122 Å². The number of nitrogens with zero attached hydrogens (tertiary/aromatic N) is 1. The van der Waals surface area contributed by atoms with Crippen LogP contribution in [0.25, 0.3) is 0 Å². The third kappa shape index (κ3) is 2.23. The van der Waals surface area contributed by atoms with Crippen molar-refractivity contribution in [3.8, 4) is 0 Å². The summed E-state index contributed by atoms with van der Waals surface area (Å²) < 4.78 is 0. The van der Waals surface area contributed by atoms with Gasteiger partial charge in [-0.2, -0.15) is 0 Å². The molecule has 3 nitrogen and oxygen atoms in total. The monoisotopic (exact) mass is 276 g/mol. The second-order valence-corrected chi connectivity index (χ2v) is 8.32. The molecule has 5 aliphatic rings. The van der Waals surface area contributed by atoms with Gasteiger partial charge in [0.15, 0.2) is 0 Å². The van der Waals surface area contributed by atoms with E-state index in [1.807, 2.05) is 0 Å². The first-order chi connectivity index (χ1) is 9.62. The van der Waals surface area contributed by atoms with Crippen molar-refractivity contribution in [3.05, 3.63) is 0 Å². The molecule has 5 fully saturated rings. The maximum absolute atomic E-state index is 12.6. The maximum Gasteiger partial charge on any atom is 0.317 e. The van der Waals surface area contributed by atoms with E-state index in [1.54, 1.807) is 0 Å². The molecule has 4 aliphatic carbocycles. The number of hydrogen-bond donors (Lipinski definition) is 1. The summed E-state index contributed by atoms with van der Waals surface area (Å²) in [6.45, 7) is 4.19. The topological polar surface area (TPSA) is 32.3 Å². The third-order valence-corrected chi connectivity index (χ3v) is 6.35. The van der Waals surface area contributed by atoms with Gasteiger partial charge in [-0.05, 0) is 75.0 Å². The van der Waals surface area contributed by atoms with E-state index >= 15 is 0 Å². The summed E-state index contributed by atoms with van der Waals surface area (Å²) in [5.74, 6) is 3.39. The summed E-state index contributed by atoms with van der Waals surface area (Å²) in [7, 11) is 0. The molecule has 1 heterocycles. The third-order valence-electron chi connectivity index (χ3n) is 6.35. The predicted molar refractivity (Wildman–Crippen MR) is 79.4 cm³/mol. The second-order valence-electron chi connectivity index (χ2n) is 8.32. The van der Waals surface area contributed by atoms with Crippen LogP contribution in [0.15, 0.2) is 0 Å². The van der Waals surface area contributed by atoms with Gasteiger partial charge in [0.05, 0.1) is 0 Å². The summed E-state index contributed by atoms with van der Waals surface area (Å²) in [5.41, 5.74) is 0.173. The SMILES string of the molecule is CC1CCCN(C(=O)NC23CC4CC(CC(C4)C2)C3)C1. The van der Waals surface area contributed by atoms with Gasteiger partial charge in [0.2, 0.25) is 0 Å². The highest BCUT2D eigenvalue weighted by Crippen LogP contribution is 2.55. The fourth-order valence-electron chi connectivity index (χ4n) is 5.94. The van der Waals surface area contributed by atoms with Gasteiger partial charge in [-0.3, -0.25) is 0 Å². The molecule has 1 N–H and O–H groups in total. The summed E-state index contributed by atoms with van der Waals surface area (Å²) >= 11 is 0. The first-order valence-electron chi connectivity index (χ1n) is 8.69. The van der Waals surface area contributed by atoms with Crippen LogP contribution < -0.4 is 5.32 Å². The number of likely N-dealkylation sites (tertiary alicyclic amines) is 1. The standard InChI is InChI=1S/C17H28N2O/c1-12-3-2-4-19(11-12)16(20)18-17-8-13-5-14(9-17)7-15(6-13)10-17/h12-15H,2-11H2,1H3,(H,18,20). The molecule has 1 aliphatic heterocycles. The maximum atomic E-state index is 12.6. The van der Waals surface area contributed by atoms with E-state index in [-0.39, 0.29) is 11.6 Å². The average Bonchev–Trinajstić information content (AvgIpc) is 2.36. The van der Waals surface area contributed by atoms with Crippen LogP contribution in [-0.4, -0.2) is 29.6 Å². The van der Waals surface area contributed by atoms with Gasteiger partial charge < -0.3 is 10.2 Å². The molecule has 0 aromatic rings. The van der Waals surface area contributed by atoms with E-state index in [9.17, 15) is 4.79 Å². The number of carbonyl (C=O) groups excluding carboxylic acids is 1. The summed E-state index contributed by atoms with van der Waals surface area (Å²) in [5, 5.41) is 3.50. The lowest BCUT2D eigenvalue weighted by Gasteiger charge is -2.57. The molecule has 20 heavy (non-hydrogen) atoms. The van der Waals surface area contributed by atoms with Gasteiger partial charge in [-0.25, -0.2) is 4.79 Å². The van der Waals surface area contributed by atoms with Crippen molar-refractivity contribution < 1.29 is 4.79 Å². The minimum atomic E-state index is 0.173. The molecule has 4 saturated carbocycles. The quantitative estimate of drug-likeness (QED) is 0.782.